The van der Waals surface area contributed by atoms with Crippen LogP contribution >= 0.6 is 11.6 Å². The molecule has 5 N–H and O–H groups in total. The fraction of sp³-hybridized carbons (Fsp3) is 0.397. The Morgan fingerprint density at radius 1 is 0.925 bits per heavy atom. The lowest BCUT2D eigenvalue weighted by Crippen LogP contribution is -2.50. The predicted octanol–water partition coefficient (Wildman–Crippen LogP) is 7.11. The van der Waals surface area contributed by atoms with Crippen molar-refractivity contribution in [1.29, 1.82) is 0 Å². The zero-order valence-corrected chi connectivity index (χ0v) is 45.3. The van der Waals surface area contributed by atoms with Gasteiger partial charge in [0.05, 0.1) is 60.2 Å². The molecule has 0 radical (unpaired) electrons. The Hall–Kier alpha value is -7.69. The summed E-state index contributed by atoms with van der Waals surface area (Å²) < 4.78 is 36.3. The SMILES string of the molecule is CO[C@@H](C)COc1nc(N2C[C@@H]3C[C@H]2CN3)c2cc(C3CC3)c(-c3c(Cl)c(F)cc4[nH]ncc34)c(OCc3ccc(-c4cn([C@H](C(=O)N5C[C@H](O)C[C@H]5C(=O)N[C@@H](CO)c5ccc(-c6ccnnc6)cc5)C(C)C)nn4)cc3)c2n1. The first-order chi connectivity index (χ1) is 38.8. The Bertz CT molecular complexity index is 3580. The summed E-state index contributed by atoms with van der Waals surface area (Å²) in [6, 6.07) is 18.4. The third kappa shape index (κ3) is 10.3. The molecule has 414 valence electrons. The lowest BCUT2D eigenvalue weighted by atomic mass is 9.91. The summed E-state index contributed by atoms with van der Waals surface area (Å²) in [5.41, 5.74) is 7.49. The fourth-order valence-electron chi connectivity index (χ4n) is 11.5. The number of anilines is 1. The van der Waals surface area contributed by atoms with Crippen LogP contribution in [0.1, 0.15) is 81.1 Å². The Balaban J connectivity index is 0.823. The minimum Gasteiger partial charge on any atom is -0.486 e. The van der Waals surface area contributed by atoms with E-state index in [2.05, 4.69) is 52.3 Å². The summed E-state index contributed by atoms with van der Waals surface area (Å²) in [4.78, 5) is 42.5. The first-order valence-electron chi connectivity index (χ1n) is 27.1. The Morgan fingerprint density at radius 2 is 1.73 bits per heavy atom. The number of hydrogen-bond acceptors (Lipinski definition) is 16. The fourth-order valence-corrected chi connectivity index (χ4v) is 11.8. The Labute approximate surface area is 465 Å². The van der Waals surface area contributed by atoms with Crippen LogP contribution in [-0.4, -0.2) is 143 Å². The number of carbonyl (C=O) groups is 2. The number of ether oxygens (including phenoxy) is 3. The predicted molar refractivity (Wildman–Crippen MR) is 296 cm³/mol. The maximum absolute atomic E-state index is 16.0. The lowest BCUT2D eigenvalue weighted by molar-refractivity contribution is -0.142. The van der Waals surface area contributed by atoms with Gasteiger partial charge >= 0.3 is 6.01 Å². The molecule has 20 nitrogen and oxygen atoms in total. The summed E-state index contributed by atoms with van der Waals surface area (Å²) in [7, 11) is 1.62. The lowest BCUT2D eigenvalue weighted by Gasteiger charge is -2.30. The maximum Gasteiger partial charge on any atom is 0.319 e. The quantitative estimate of drug-likeness (QED) is 0.0542. The van der Waals surface area contributed by atoms with E-state index in [0.29, 0.717) is 50.6 Å². The number of nitrogens with one attached hydrogen (secondary N) is 3. The molecule has 80 heavy (non-hydrogen) atoms. The number of rotatable bonds is 19. The molecule has 1 saturated carbocycles. The molecule has 22 heteroatoms. The van der Waals surface area contributed by atoms with E-state index in [1.165, 1.54) is 15.6 Å². The molecule has 8 aromatic rings. The molecule has 4 aliphatic rings. The van der Waals surface area contributed by atoms with Gasteiger partial charge in [-0.1, -0.05) is 79.2 Å². The second-order valence-corrected chi connectivity index (χ2v) is 22.1. The van der Waals surface area contributed by atoms with Crippen molar-refractivity contribution >= 4 is 51.0 Å². The van der Waals surface area contributed by atoms with Gasteiger partial charge in [-0.05, 0) is 72.4 Å². The van der Waals surface area contributed by atoms with Crippen LogP contribution in [0.15, 0.2) is 91.5 Å². The Morgan fingerprint density at radius 3 is 2.42 bits per heavy atom. The molecule has 2 bridgehead atoms. The minimum absolute atomic E-state index is 0.0270. The number of piperazine rings is 1. The van der Waals surface area contributed by atoms with Crippen molar-refractivity contribution in [3.05, 3.63) is 119 Å². The van der Waals surface area contributed by atoms with Gasteiger partial charge in [0.15, 0.2) is 5.75 Å². The van der Waals surface area contributed by atoms with Crippen molar-refractivity contribution < 1.29 is 38.4 Å². The third-order valence-electron chi connectivity index (χ3n) is 15.9. The highest BCUT2D eigenvalue weighted by Gasteiger charge is 2.44. The summed E-state index contributed by atoms with van der Waals surface area (Å²) in [6.07, 6.45) is 8.30. The van der Waals surface area contributed by atoms with E-state index in [9.17, 15) is 19.8 Å². The third-order valence-corrected chi connectivity index (χ3v) is 16.3. The second-order valence-electron chi connectivity index (χ2n) is 21.7. The number of benzene rings is 4. The van der Waals surface area contributed by atoms with Gasteiger partial charge in [-0.2, -0.15) is 25.3 Å². The zero-order valence-electron chi connectivity index (χ0n) is 44.6. The molecule has 12 rings (SSSR count). The largest absolute Gasteiger partial charge is 0.486 e. The number of nitrogens with zero attached hydrogens (tertiary/aromatic N) is 10. The maximum atomic E-state index is 16.0. The average molecular weight is 1110 g/mol. The standard InChI is InChI=1S/C58H61ClFN13O7/c1-30(2)53(57(77)72-25-40(75)18-48(72)56(76)65-47(27-74)36-13-9-33(10-14-36)37-15-16-62-63-21-37)73-26-46(69-70-73)35-7-5-32(6-8-35)29-79-54-50(49-43-23-64-68-45(43)20-44(60)51(49)59)41(34-11-12-34)19-42-52(54)66-58(80-28-31(3)78-4)67-55(42)71-24-38-17-39(71)22-61-38/h5-10,13-16,19-21,23,26,30-31,34,38-40,47-48,53,61,74-75H,11-12,17-18,22,24-25,27-29H2,1-4H3,(H,64,68)(H,65,76)/t31-,38-,39-,40+,47-,48-,53-/m0/s1. The summed E-state index contributed by atoms with van der Waals surface area (Å²) >= 11 is 7.03. The van der Waals surface area contributed by atoms with Gasteiger partial charge in [0.25, 0.3) is 0 Å². The van der Waals surface area contributed by atoms with Crippen LogP contribution in [0.3, 0.4) is 0 Å². The first-order valence-corrected chi connectivity index (χ1v) is 27.5. The number of H-pyrrole nitrogens is 1. The van der Waals surface area contributed by atoms with Gasteiger partial charge in [0, 0.05) is 84.3 Å². The molecule has 3 aliphatic heterocycles. The van der Waals surface area contributed by atoms with Crippen LogP contribution in [0.25, 0.3) is 55.3 Å². The number of fused-ring (bicyclic) bond motifs is 4. The van der Waals surface area contributed by atoms with Crippen LogP contribution < -0.4 is 25.0 Å². The van der Waals surface area contributed by atoms with Crippen molar-refractivity contribution in [1.82, 2.24) is 60.9 Å². The normalized spacial score (nSPS) is 20.0. The van der Waals surface area contributed by atoms with E-state index in [1.54, 1.807) is 31.9 Å². The number of aliphatic hydroxyl groups excluding tert-OH is 2. The number of aromatic amines is 1. The van der Waals surface area contributed by atoms with Crippen molar-refractivity contribution in [2.24, 2.45) is 5.92 Å². The van der Waals surface area contributed by atoms with Gasteiger partial charge in [0.2, 0.25) is 11.8 Å². The number of β-amino-alcohol motifs (C(OH)–C–C–N with tert-alkyl or cyclic N) is 1. The monoisotopic (exact) mass is 1110 g/mol. The molecule has 4 fully saturated rings. The zero-order chi connectivity index (χ0) is 55.3. The number of hydrogen-bond donors (Lipinski definition) is 5. The molecular weight excluding hydrogens is 1050 g/mol. The van der Waals surface area contributed by atoms with Gasteiger partial charge in [-0.3, -0.25) is 14.7 Å². The topological polar surface area (TPSA) is 244 Å². The van der Waals surface area contributed by atoms with Crippen LogP contribution in [0.4, 0.5) is 10.2 Å². The smallest absolute Gasteiger partial charge is 0.319 e. The number of likely N-dealkylation sites (tertiary alicyclic amines) is 1. The second kappa shape index (κ2) is 22.1. The molecule has 1 aliphatic carbocycles. The van der Waals surface area contributed by atoms with E-state index < -0.39 is 41.9 Å². The highest BCUT2D eigenvalue weighted by Crippen LogP contribution is 2.54. The molecule has 0 unspecified atom stereocenters. The highest BCUT2D eigenvalue weighted by molar-refractivity contribution is 6.35. The number of carbonyl (C=O) groups excluding carboxylic acids is 2. The van der Waals surface area contributed by atoms with Gasteiger partial charge < -0.3 is 44.9 Å². The molecule has 0 spiro atoms. The molecule has 4 aromatic carbocycles. The highest BCUT2D eigenvalue weighted by atomic mass is 35.5. The van der Waals surface area contributed by atoms with Crippen molar-refractivity contribution in [3.63, 3.8) is 0 Å². The van der Waals surface area contributed by atoms with Gasteiger partial charge in [-0.15, -0.1) is 5.10 Å². The summed E-state index contributed by atoms with van der Waals surface area (Å²) in [6.45, 7) is 7.12. The summed E-state index contributed by atoms with van der Waals surface area (Å²) in [5, 5.41) is 53.1. The molecular formula is C58H61ClFN13O7. The van der Waals surface area contributed by atoms with E-state index in [4.69, 9.17) is 35.8 Å². The molecule has 3 saturated heterocycles. The van der Waals surface area contributed by atoms with E-state index in [1.807, 2.05) is 75.4 Å². The summed E-state index contributed by atoms with van der Waals surface area (Å²) in [5.74, 6) is -0.469. The number of aromatic nitrogens is 9. The Kier molecular flexibility index (Phi) is 14.6. The number of methoxy groups -OCH3 is 1. The van der Waals surface area contributed by atoms with Gasteiger partial charge in [-0.25, -0.2) is 9.07 Å². The first kappa shape index (κ1) is 53.0. The van der Waals surface area contributed by atoms with E-state index in [-0.39, 0.29) is 67.8 Å². The number of aliphatic hydroxyl groups is 2. The van der Waals surface area contributed by atoms with Gasteiger partial charge in [0.1, 0.15) is 48.1 Å². The number of halogens is 2. The van der Waals surface area contributed by atoms with Crippen LogP contribution in [0.5, 0.6) is 11.8 Å². The van der Waals surface area contributed by atoms with Crippen molar-refractivity contribution in [2.75, 3.05) is 44.9 Å². The van der Waals surface area contributed by atoms with E-state index >= 15 is 4.39 Å². The molecule has 7 atom stereocenters. The average Bonchev–Trinajstić information content (AvgIpc) is 3.64. The van der Waals surface area contributed by atoms with Crippen LogP contribution in [-0.2, 0) is 20.9 Å². The number of amides is 2. The van der Waals surface area contributed by atoms with E-state index in [0.717, 1.165) is 71.4 Å². The van der Waals surface area contributed by atoms with Crippen molar-refractivity contribution in [2.45, 2.75) is 101 Å². The minimum atomic E-state index is -0.997. The molecule has 7 heterocycles. The van der Waals surface area contributed by atoms with Crippen LogP contribution in [0, 0.1) is 11.7 Å². The van der Waals surface area contributed by atoms with Crippen molar-refractivity contribution in [3.8, 4) is 45.3 Å². The van der Waals surface area contributed by atoms with Crippen LogP contribution in [0.2, 0.25) is 5.02 Å². The molecule has 2 amide bonds. The molecule has 4 aromatic heterocycles.